The van der Waals surface area contributed by atoms with Gasteiger partial charge in [-0.25, -0.2) is 0 Å². The molecule has 0 atom stereocenters. The average molecular weight is 394 g/mol. The van der Waals surface area contributed by atoms with E-state index >= 15 is 0 Å². The van der Waals surface area contributed by atoms with Crippen LogP contribution in [0.1, 0.15) is 50.7 Å². The molecule has 0 aromatic heterocycles. The van der Waals surface area contributed by atoms with Crippen molar-refractivity contribution in [1.82, 2.24) is 0 Å². The van der Waals surface area contributed by atoms with Crippen LogP contribution in [0.25, 0.3) is 0 Å². The quantitative estimate of drug-likeness (QED) is 0.702. The molecule has 4 heteroatoms. The van der Waals surface area contributed by atoms with Crippen LogP contribution in [0.2, 0.25) is 0 Å². The van der Waals surface area contributed by atoms with Gasteiger partial charge >= 0.3 is 144 Å². The Morgan fingerprint density at radius 1 is 1.16 bits per heavy atom. The van der Waals surface area contributed by atoms with E-state index in [1.54, 1.807) is 0 Å². The molecule has 1 aliphatic heterocycles. The molecule has 1 aromatic carbocycles. The first-order valence-electron chi connectivity index (χ1n) is 7.09. The molecule has 0 spiro atoms. The van der Waals surface area contributed by atoms with Crippen LogP contribution in [0, 0.1) is 39.4 Å². The van der Waals surface area contributed by atoms with Crippen LogP contribution in [-0.4, -0.2) is 6.79 Å². The van der Waals surface area contributed by atoms with Gasteiger partial charge in [-0.2, -0.15) is 0 Å². The van der Waals surface area contributed by atoms with Gasteiger partial charge in [0, 0.05) is 0 Å². The van der Waals surface area contributed by atoms with Crippen molar-refractivity contribution in [3.8, 4) is 17.2 Å². The second kappa shape index (κ2) is 7.67. The second-order valence-corrected chi connectivity index (χ2v) is 5.54. The van der Waals surface area contributed by atoms with E-state index in [0.717, 1.165) is 36.5 Å². The first-order valence-corrected chi connectivity index (χ1v) is 8.40. The van der Waals surface area contributed by atoms with Gasteiger partial charge < -0.3 is 0 Å². The minimum atomic E-state index is 0.340. The van der Waals surface area contributed by atoms with Gasteiger partial charge in [-0.15, -0.1) is 0 Å². The Morgan fingerprint density at radius 3 is 2.58 bits per heavy atom. The summed E-state index contributed by atoms with van der Waals surface area (Å²) in [5.74, 6) is 2.89. The van der Waals surface area contributed by atoms with Crippen LogP contribution < -0.4 is 10.5 Å². The monoisotopic (exact) mass is 391 g/mol. The van der Waals surface area contributed by atoms with Gasteiger partial charge in [-0.3, -0.25) is 0 Å². The van der Waals surface area contributed by atoms with Gasteiger partial charge in [0.2, 0.25) is 0 Å². The van der Waals surface area contributed by atoms with Crippen molar-refractivity contribution in [3.63, 3.8) is 0 Å². The summed E-state index contributed by atoms with van der Waals surface area (Å²) in [6, 6.07) is 2.11. The number of ether oxygens (including phenoxy) is 2. The van der Waals surface area contributed by atoms with Gasteiger partial charge in [-0.1, -0.05) is 0 Å². The van der Waals surface area contributed by atoms with Gasteiger partial charge in [0.25, 0.3) is 0 Å². The normalized spacial score (nSPS) is 12.7. The van der Waals surface area contributed by atoms with E-state index in [4.69, 9.17) is 10.5 Å². The van der Waals surface area contributed by atoms with Crippen molar-refractivity contribution in [2.24, 2.45) is 0 Å². The summed E-state index contributed by atoms with van der Waals surface area (Å²) in [7, 11) is 0. The minimum absolute atomic E-state index is 0.340. The van der Waals surface area contributed by atoms with Crippen molar-refractivity contribution in [2.45, 2.75) is 52.4 Å². The molecular formula is C15H21NdO3. The molecule has 3 nitrogen and oxygen atoms in total. The summed E-state index contributed by atoms with van der Waals surface area (Å²) in [4.78, 5) is 0. The zero-order valence-electron chi connectivity index (χ0n) is 11.8. The molecule has 103 valence electrons. The third-order valence-electron chi connectivity index (χ3n) is 3.47. The summed E-state index contributed by atoms with van der Waals surface area (Å²) in [5, 5.41) is 0. The van der Waals surface area contributed by atoms with Crippen molar-refractivity contribution >= 4 is 0 Å². The molecule has 1 heterocycles. The standard InChI is InChI=1S/C15H22O3.Nd/c1-3-5-7-11-9-13-15(18-10-17-13)12(14(11)16)8-6-4-2;/h9,16H,3-8,10H2,1-2H3;/q;+1/p-1. The molecule has 0 N–H and O–H groups in total. The Labute approximate surface area is 142 Å². The van der Waals surface area contributed by atoms with Gasteiger partial charge in [0.15, 0.2) is 0 Å². The number of aryl methyl sites for hydroxylation is 1. The Hall–Kier alpha value is -0.0294. The molecule has 0 saturated heterocycles. The fraction of sp³-hybridized carbons (Fsp3) is 0.600. The number of rotatable bonds is 7. The van der Waals surface area contributed by atoms with E-state index in [9.17, 15) is 0 Å². The molecule has 1 aromatic rings. The molecule has 0 aliphatic carbocycles. The summed E-state index contributed by atoms with van der Waals surface area (Å²) < 4.78 is 17.0. The predicted molar refractivity (Wildman–Crippen MR) is 70.4 cm³/mol. The SMILES string of the molecule is CCCCc1cc2c(c(CCCC)c1[O][Nd])OCO2. The molecule has 1 aliphatic rings. The molecule has 0 unspecified atom stereocenters. The van der Waals surface area contributed by atoms with E-state index in [1.807, 2.05) is 0 Å². The molecule has 0 bridgehead atoms. The number of hydrogen-bond donors (Lipinski definition) is 0. The topological polar surface area (TPSA) is 27.7 Å². The molecule has 0 fully saturated rings. The van der Waals surface area contributed by atoms with Gasteiger partial charge in [-0.05, 0) is 0 Å². The summed E-state index contributed by atoms with van der Waals surface area (Å²) >= 11 is 0.713. The first-order chi connectivity index (χ1) is 9.31. The Balaban J connectivity index is 2.38. The Morgan fingerprint density at radius 2 is 1.89 bits per heavy atom. The first kappa shape index (κ1) is 15.4. The average Bonchev–Trinajstić information content (AvgIpc) is 2.89. The molecule has 0 amide bonds. The fourth-order valence-electron chi connectivity index (χ4n) is 2.41. The summed E-state index contributed by atoms with van der Waals surface area (Å²) in [6.07, 6.45) is 6.79. The van der Waals surface area contributed by atoms with E-state index < -0.39 is 0 Å². The molecule has 2 rings (SSSR count). The van der Waals surface area contributed by atoms with Crippen LogP contribution in [-0.2, 0) is 12.8 Å². The number of hydrogen-bond acceptors (Lipinski definition) is 3. The van der Waals surface area contributed by atoms with Crippen LogP contribution >= 0.6 is 0 Å². The van der Waals surface area contributed by atoms with Crippen molar-refractivity contribution in [3.05, 3.63) is 17.2 Å². The second-order valence-electron chi connectivity index (χ2n) is 4.89. The third-order valence-corrected chi connectivity index (χ3v) is 4.12. The third kappa shape index (κ3) is 3.54. The van der Waals surface area contributed by atoms with Gasteiger partial charge in [0.1, 0.15) is 0 Å². The van der Waals surface area contributed by atoms with E-state index in [2.05, 4.69) is 19.9 Å². The van der Waals surface area contributed by atoms with Crippen LogP contribution in [0.5, 0.6) is 17.2 Å². The zero-order valence-corrected chi connectivity index (χ0v) is 15.0. The predicted octanol–water partition coefficient (Wildman–Crippen LogP) is 3.94. The maximum atomic E-state index is 5.80. The molecule has 0 radical (unpaired) electrons. The van der Waals surface area contributed by atoms with E-state index in [1.165, 1.54) is 30.4 Å². The van der Waals surface area contributed by atoms with Crippen molar-refractivity contribution in [1.29, 1.82) is 0 Å². The fourth-order valence-corrected chi connectivity index (χ4v) is 3.23. The van der Waals surface area contributed by atoms with E-state index in [0.29, 0.717) is 46.2 Å². The Bertz CT molecular complexity index is 432. The number of benzene rings is 1. The maximum absolute atomic E-state index is 5.80. The number of unbranched alkanes of at least 4 members (excludes halogenated alkanes) is 2. The zero-order chi connectivity index (χ0) is 13.7. The molecular weight excluding hydrogens is 372 g/mol. The van der Waals surface area contributed by atoms with Crippen molar-refractivity contribution in [2.75, 3.05) is 6.79 Å². The number of fused-ring (bicyclic) bond motifs is 1. The van der Waals surface area contributed by atoms with Crippen molar-refractivity contribution < 1.29 is 49.9 Å². The van der Waals surface area contributed by atoms with Crippen LogP contribution in [0.4, 0.5) is 0 Å². The molecule has 19 heavy (non-hydrogen) atoms. The van der Waals surface area contributed by atoms with Crippen LogP contribution in [0.3, 0.4) is 0 Å². The molecule has 0 saturated carbocycles. The van der Waals surface area contributed by atoms with Crippen LogP contribution in [0.15, 0.2) is 6.07 Å². The Kier molecular flexibility index (Phi) is 6.20. The van der Waals surface area contributed by atoms with E-state index in [-0.39, 0.29) is 0 Å². The summed E-state index contributed by atoms with van der Waals surface area (Å²) in [5.41, 5.74) is 2.50. The van der Waals surface area contributed by atoms with Gasteiger partial charge in [0.05, 0.1) is 0 Å². The summed E-state index contributed by atoms with van der Waals surface area (Å²) in [6.45, 7) is 4.76.